The number of nitriles is 1. The minimum Gasteiger partial charge on any atom is -0.493 e. The van der Waals surface area contributed by atoms with Crippen LogP contribution in [0.25, 0.3) is 16.8 Å². The van der Waals surface area contributed by atoms with Gasteiger partial charge in [-0.2, -0.15) is 5.26 Å². The molecule has 0 fully saturated rings. The van der Waals surface area contributed by atoms with E-state index in [1.54, 1.807) is 49.6 Å². The van der Waals surface area contributed by atoms with E-state index in [0.717, 1.165) is 21.9 Å². The summed E-state index contributed by atoms with van der Waals surface area (Å²) in [5.41, 5.74) is 3.28. The van der Waals surface area contributed by atoms with Gasteiger partial charge in [0.15, 0.2) is 11.5 Å². The Bertz CT molecular complexity index is 1720. The Morgan fingerprint density at radius 1 is 0.805 bits per heavy atom. The average molecular weight is 541 g/mol. The summed E-state index contributed by atoms with van der Waals surface area (Å²) in [6.45, 7) is 0.819. The van der Waals surface area contributed by atoms with Crippen LogP contribution < -0.4 is 19.5 Å². The van der Waals surface area contributed by atoms with Crippen molar-refractivity contribution in [1.29, 1.82) is 5.26 Å². The largest absolute Gasteiger partial charge is 0.493 e. The number of hydrogen-bond donors (Lipinski definition) is 1. The molecular weight excluding hydrogens is 512 g/mol. The summed E-state index contributed by atoms with van der Waals surface area (Å²) in [6, 6.07) is 38.4. The molecule has 0 spiro atoms. The van der Waals surface area contributed by atoms with Gasteiger partial charge in [0, 0.05) is 5.69 Å². The van der Waals surface area contributed by atoms with Crippen molar-refractivity contribution in [2.24, 2.45) is 0 Å². The van der Waals surface area contributed by atoms with Crippen LogP contribution in [0.3, 0.4) is 0 Å². The maximum absolute atomic E-state index is 12.8. The van der Waals surface area contributed by atoms with Crippen molar-refractivity contribution in [3.05, 3.63) is 138 Å². The van der Waals surface area contributed by atoms with E-state index in [2.05, 4.69) is 23.5 Å². The second kappa shape index (κ2) is 13.0. The molecule has 1 N–H and O–H groups in total. The number of ether oxygens (including phenoxy) is 3. The molecule has 0 unspecified atom stereocenters. The van der Waals surface area contributed by atoms with E-state index in [4.69, 9.17) is 14.2 Å². The smallest absolute Gasteiger partial charge is 0.266 e. The van der Waals surface area contributed by atoms with Crippen molar-refractivity contribution in [3.63, 3.8) is 0 Å². The van der Waals surface area contributed by atoms with E-state index in [9.17, 15) is 10.1 Å². The van der Waals surface area contributed by atoms with Gasteiger partial charge in [-0.1, -0.05) is 78.9 Å². The molecule has 5 aromatic carbocycles. The first-order chi connectivity index (χ1) is 20.1. The monoisotopic (exact) mass is 540 g/mol. The topological polar surface area (TPSA) is 80.6 Å². The number of nitrogens with zero attached hydrogens (tertiary/aromatic N) is 1. The maximum Gasteiger partial charge on any atom is 0.266 e. The molecule has 0 radical (unpaired) electrons. The third-order valence-corrected chi connectivity index (χ3v) is 6.49. The van der Waals surface area contributed by atoms with Crippen LogP contribution in [0, 0.1) is 11.3 Å². The number of hydrogen-bond acceptors (Lipinski definition) is 5. The van der Waals surface area contributed by atoms with Crippen molar-refractivity contribution >= 4 is 28.4 Å². The molecule has 0 aliphatic rings. The van der Waals surface area contributed by atoms with Gasteiger partial charge in [0.1, 0.15) is 30.6 Å². The van der Waals surface area contributed by atoms with Crippen LogP contribution in [0.15, 0.2) is 121 Å². The van der Waals surface area contributed by atoms with E-state index in [1.807, 2.05) is 60.7 Å². The number of carbonyl (C=O) groups excluding carboxylic acids is 1. The third kappa shape index (κ3) is 6.92. The van der Waals surface area contributed by atoms with Gasteiger partial charge >= 0.3 is 0 Å². The molecule has 6 nitrogen and oxygen atoms in total. The number of benzene rings is 5. The summed E-state index contributed by atoms with van der Waals surface area (Å²) >= 11 is 0. The second-order valence-electron chi connectivity index (χ2n) is 9.26. The van der Waals surface area contributed by atoms with E-state index >= 15 is 0 Å². The van der Waals surface area contributed by atoms with Crippen LogP contribution in [-0.2, 0) is 18.0 Å². The second-order valence-corrected chi connectivity index (χ2v) is 9.26. The van der Waals surface area contributed by atoms with Crippen LogP contribution in [0.5, 0.6) is 17.2 Å². The lowest BCUT2D eigenvalue weighted by atomic mass is 10.1. The molecule has 0 bridgehead atoms. The Balaban J connectivity index is 1.23. The molecule has 6 heteroatoms. The average Bonchev–Trinajstić information content (AvgIpc) is 3.03. The van der Waals surface area contributed by atoms with Gasteiger partial charge < -0.3 is 19.5 Å². The first kappa shape index (κ1) is 27.0. The minimum absolute atomic E-state index is 0.0409. The Hall–Kier alpha value is -5.54. The molecule has 5 aromatic rings. The van der Waals surface area contributed by atoms with Crippen molar-refractivity contribution < 1.29 is 19.0 Å². The number of methoxy groups -OCH3 is 1. The van der Waals surface area contributed by atoms with Gasteiger partial charge in [-0.15, -0.1) is 0 Å². The van der Waals surface area contributed by atoms with Gasteiger partial charge in [0.2, 0.25) is 0 Å². The summed E-state index contributed by atoms with van der Waals surface area (Å²) in [5.74, 6) is 1.23. The summed E-state index contributed by atoms with van der Waals surface area (Å²) < 4.78 is 17.4. The van der Waals surface area contributed by atoms with Gasteiger partial charge in [0.05, 0.1) is 7.11 Å². The van der Waals surface area contributed by atoms with Gasteiger partial charge in [-0.25, -0.2) is 0 Å². The zero-order chi connectivity index (χ0) is 28.4. The van der Waals surface area contributed by atoms with Crippen molar-refractivity contribution in [2.45, 2.75) is 13.2 Å². The molecular formula is C35H28N2O4. The standard InChI is InChI=1S/C35H28N2O4/c1-39-34-21-26(14-19-33(34)41-24-28-12-7-11-27-10-5-6-13-32(27)28)20-29(22-36)35(38)37-30-15-17-31(18-16-30)40-23-25-8-3-2-4-9-25/h2-21H,23-24H2,1H3,(H,37,38)/b29-20+. The molecule has 1 amide bonds. The summed E-state index contributed by atoms with van der Waals surface area (Å²) in [4.78, 5) is 12.8. The van der Waals surface area contributed by atoms with Crippen LogP contribution in [-0.4, -0.2) is 13.0 Å². The highest BCUT2D eigenvalue weighted by Crippen LogP contribution is 2.31. The van der Waals surface area contributed by atoms with Crippen LogP contribution in [0.1, 0.15) is 16.7 Å². The van der Waals surface area contributed by atoms with E-state index < -0.39 is 5.91 Å². The predicted molar refractivity (Wildman–Crippen MR) is 161 cm³/mol. The van der Waals surface area contributed by atoms with Gasteiger partial charge in [-0.05, 0) is 69.9 Å². The lowest BCUT2D eigenvalue weighted by molar-refractivity contribution is -0.112. The number of nitrogens with one attached hydrogen (secondary N) is 1. The number of amides is 1. The maximum atomic E-state index is 12.8. The summed E-state index contributed by atoms with van der Waals surface area (Å²) in [7, 11) is 1.55. The van der Waals surface area contributed by atoms with Crippen LogP contribution >= 0.6 is 0 Å². The van der Waals surface area contributed by atoms with Crippen molar-refractivity contribution in [3.8, 4) is 23.3 Å². The molecule has 5 rings (SSSR count). The van der Waals surface area contributed by atoms with Crippen molar-refractivity contribution in [2.75, 3.05) is 12.4 Å². The fourth-order valence-corrected chi connectivity index (χ4v) is 4.36. The quantitative estimate of drug-likeness (QED) is 0.146. The first-order valence-electron chi connectivity index (χ1n) is 13.1. The Kier molecular flexibility index (Phi) is 8.58. The fourth-order valence-electron chi connectivity index (χ4n) is 4.36. The third-order valence-electron chi connectivity index (χ3n) is 6.49. The van der Waals surface area contributed by atoms with Gasteiger partial charge in [-0.3, -0.25) is 4.79 Å². The number of rotatable bonds is 10. The molecule has 0 saturated heterocycles. The van der Waals surface area contributed by atoms with E-state index in [1.165, 1.54) is 6.08 Å². The normalized spacial score (nSPS) is 11.0. The highest BCUT2D eigenvalue weighted by atomic mass is 16.5. The fraction of sp³-hybridized carbons (Fsp3) is 0.0857. The van der Waals surface area contributed by atoms with E-state index in [0.29, 0.717) is 41.7 Å². The first-order valence-corrected chi connectivity index (χ1v) is 13.1. The minimum atomic E-state index is -0.513. The summed E-state index contributed by atoms with van der Waals surface area (Å²) in [5, 5.41) is 14.7. The molecule has 41 heavy (non-hydrogen) atoms. The number of anilines is 1. The molecule has 0 aliphatic carbocycles. The Morgan fingerprint density at radius 2 is 1.56 bits per heavy atom. The van der Waals surface area contributed by atoms with Gasteiger partial charge in [0.25, 0.3) is 5.91 Å². The molecule has 0 aromatic heterocycles. The van der Waals surface area contributed by atoms with Crippen molar-refractivity contribution in [1.82, 2.24) is 0 Å². The zero-order valence-electron chi connectivity index (χ0n) is 22.5. The van der Waals surface area contributed by atoms with E-state index in [-0.39, 0.29) is 5.57 Å². The predicted octanol–water partition coefficient (Wildman–Crippen LogP) is 7.55. The number of carbonyl (C=O) groups is 1. The molecule has 0 heterocycles. The zero-order valence-corrected chi connectivity index (χ0v) is 22.5. The highest BCUT2D eigenvalue weighted by molar-refractivity contribution is 6.09. The Morgan fingerprint density at radius 3 is 2.34 bits per heavy atom. The number of fused-ring (bicyclic) bond motifs is 1. The van der Waals surface area contributed by atoms with Crippen LogP contribution in [0.2, 0.25) is 0 Å². The Labute approximate surface area is 239 Å². The lowest BCUT2D eigenvalue weighted by Crippen LogP contribution is -2.13. The highest BCUT2D eigenvalue weighted by Gasteiger charge is 2.12. The molecule has 0 saturated carbocycles. The van der Waals surface area contributed by atoms with Crippen LogP contribution in [0.4, 0.5) is 5.69 Å². The SMILES string of the molecule is COc1cc(/C=C(\C#N)C(=O)Nc2ccc(OCc3ccccc3)cc2)ccc1OCc1cccc2ccccc12. The molecule has 0 atom stereocenters. The summed E-state index contributed by atoms with van der Waals surface area (Å²) in [6.07, 6.45) is 1.52. The molecule has 202 valence electrons. The lowest BCUT2D eigenvalue weighted by Gasteiger charge is -2.13. The molecule has 0 aliphatic heterocycles.